The summed E-state index contributed by atoms with van der Waals surface area (Å²) in [6.07, 6.45) is 0.329. The molecule has 0 fully saturated rings. The summed E-state index contributed by atoms with van der Waals surface area (Å²) >= 11 is 1.55. The third-order valence-corrected chi connectivity index (χ3v) is 3.73. The molecule has 0 aliphatic rings. The summed E-state index contributed by atoms with van der Waals surface area (Å²) in [6, 6.07) is 11.1. The molecule has 20 heavy (non-hydrogen) atoms. The summed E-state index contributed by atoms with van der Waals surface area (Å²) < 4.78 is 0. The second-order valence-corrected chi connectivity index (χ2v) is 5.40. The molecule has 0 radical (unpaired) electrons. The van der Waals surface area contributed by atoms with Crippen molar-refractivity contribution in [1.29, 1.82) is 0 Å². The number of benzene rings is 1. The lowest BCUT2D eigenvalue weighted by Gasteiger charge is -2.09. The van der Waals surface area contributed by atoms with Gasteiger partial charge in [0.2, 0.25) is 5.91 Å². The van der Waals surface area contributed by atoms with E-state index in [2.05, 4.69) is 5.32 Å². The zero-order valence-corrected chi connectivity index (χ0v) is 11.7. The monoisotopic (exact) mass is 289 g/mol. The van der Waals surface area contributed by atoms with Crippen molar-refractivity contribution >= 4 is 23.2 Å². The van der Waals surface area contributed by atoms with Gasteiger partial charge in [-0.15, -0.1) is 11.3 Å². The molecule has 0 aliphatic carbocycles. The van der Waals surface area contributed by atoms with Crippen LogP contribution in [0.4, 0.5) is 0 Å². The average molecular weight is 289 g/mol. The number of aliphatic carboxylic acids is 1. The van der Waals surface area contributed by atoms with Crippen molar-refractivity contribution in [2.24, 2.45) is 0 Å². The van der Waals surface area contributed by atoms with E-state index in [4.69, 9.17) is 5.11 Å². The number of thiophene rings is 1. The highest BCUT2D eigenvalue weighted by Crippen LogP contribution is 2.11. The highest BCUT2D eigenvalue weighted by molar-refractivity contribution is 7.10. The van der Waals surface area contributed by atoms with Crippen LogP contribution in [0.15, 0.2) is 41.8 Å². The molecule has 2 N–H and O–H groups in total. The third-order valence-electron chi connectivity index (χ3n) is 2.85. The van der Waals surface area contributed by atoms with Crippen molar-refractivity contribution in [1.82, 2.24) is 5.32 Å². The van der Waals surface area contributed by atoms with E-state index >= 15 is 0 Å². The number of carboxylic acids is 1. The van der Waals surface area contributed by atoms with E-state index < -0.39 is 5.97 Å². The summed E-state index contributed by atoms with van der Waals surface area (Å²) in [6.45, 7) is 0.355. The Morgan fingerprint density at radius 2 is 1.80 bits per heavy atom. The highest BCUT2D eigenvalue weighted by Gasteiger charge is 2.08. The van der Waals surface area contributed by atoms with Crippen molar-refractivity contribution in [2.45, 2.75) is 19.4 Å². The molecule has 0 bridgehead atoms. The minimum atomic E-state index is -0.873. The van der Waals surface area contributed by atoms with Crippen LogP contribution in [0.5, 0.6) is 0 Å². The van der Waals surface area contributed by atoms with Gasteiger partial charge in [-0.1, -0.05) is 30.3 Å². The Kier molecular flexibility index (Phi) is 4.90. The lowest BCUT2D eigenvalue weighted by molar-refractivity contribution is -0.136. The molecule has 0 unspecified atom stereocenters. The zero-order valence-electron chi connectivity index (χ0n) is 10.8. The van der Waals surface area contributed by atoms with Crippen molar-refractivity contribution < 1.29 is 14.7 Å². The van der Waals surface area contributed by atoms with Crippen LogP contribution in [-0.4, -0.2) is 17.0 Å². The van der Waals surface area contributed by atoms with Crippen molar-refractivity contribution in [3.8, 4) is 0 Å². The van der Waals surface area contributed by atoms with Gasteiger partial charge in [0.25, 0.3) is 0 Å². The molecule has 1 aromatic heterocycles. The number of hydrogen-bond donors (Lipinski definition) is 2. The molecule has 0 atom stereocenters. The minimum absolute atomic E-state index is 0.0308. The van der Waals surface area contributed by atoms with Crippen molar-refractivity contribution in [3.05, 3.63) is 57.8 Å². The second-order valence-electron chi connectivity index (χ2n) is 4.37. The van der Waals surface area contributed by atoms with Gasteiger partial charge in [-0.05, 0) is 22.6 Å². The van der Waals surface area contributed by atoms with Crippen LogP contribution in [0.2, 0.25) is 0 Å². The van der Waals surface area contributed by atoms with Gasteiger partial charge in [-0.2, -0.15) is 0 Å². The van der Waals surface area contributed by atoms with Gasteiger partial charge in [0, 0.05) is 11.4 Å². The molecular weight excluding hydrogens is 274 g/mol. The summed E-state index contributed by atoms with van der Waals surface area (Å²) in [5.74, 6) is -0.931. The third kappa shape index (κ3) is 4.20. The number of carboxylic acid groups (broad SMARTS) is 1. The SMILES string of the molecule is O=C(O)Cc1ccccc1CNC(=O)Cc1cccs1. The number of nitrogens with one attached hydrogen (secondary N) is 1. The molecule has 1 heterocycles. The highest BCUT2D eigenvalue weighted by atomic mass is 32.1. The van der Waals surface area contributed by atoms with E-state index in [1.165, 1.54) is 0 Å². The summed E-state index contributed by atoms with van der Waals surface area (Å²) in [5.41, 5.74) is 1.57. The molecule has 104 valence electrons. The fourth-order valence-electron chi connectivity index (χ4n) is 1.89. The quantitative estimate of drug-likeness (QED) is 0.857. The molecule has 2 rings (SSSR count). The van der Waals surface area contributed by atoms with Gasteiger partial charge >= 0.3 is 5.97 Å². The smallest absolute Gasteiger partial charge is 0.307 e. The molecule has 2 aromatic rings. The van der Waals surface area contributed by atoms with Crippen molar-refractivity contribution in [3.63, 3.8) is 0 Å². The Hall–Kier alpha value is -2.14. The number of amides is 1. The Bertz CT molecular complexity index is 593. The summed E-state index contributed by atoms with van der Waals surface area (Å²) in [5, 5.41) is 13.6. The first kappa shape index (κ1) is 14.3. The Balaban J connectivity index is 1.93. The second kappa shape index (κ2) is 6.86. The minimum Gasteiger partial charge on any atom is -0.481 e. The van der Waals surface area contributed by atoms with E-state index in [0.717, 1.165) is 16.0 Å². The van der Waals surface area contributed by atoms with E-state index in [9.17, 15) is 9.59 Å². The van der Waals surface area contributed by atoms with Gasteiger partial charge in [0.15, 0.2) is 0 Å². The molecule has 1 amide bonds. The maximum absolute atomic E-state index is 11.8. The Morgan fingerprint density at radius 3 is 2.45 bits per heavy atom. The lowest BCUT2D eigenvalue weighted by Crippen LogP contribution is -2.25. The number of carbonyl (C=O) groups is 2. The van der Waals surface area contributed by atoms with Gasteiger partial charge < -0.3 is 10.4 Å². The molecular formula is C15H15NO3S. The predicted molar refractivity (Wildman–Crippen MR) is 77.7 cm³/mol. The molecule has 0 aliphatic heterocycles. The van der Waals surface area contributed by atoms with E-state index in [-0.39, 0.29) is 12.3 Å². The number of rotatable bonds is 6. The van der Waals surface area contributed by atoms with Gasteiger partial charge in [0.1, 0.15) is 0 Å². The van der Waals surface area contributed by atoms with Crippen LogP contribution >= 0.6 is 11.3 Å². The van der Waals surface area contributed by atoms with Crippen LogP contribution in [0.1, 0.15) is 16.0 Å². The van der Waals surface area contributed by atoms with Crippen LogP contribution in [0, 0.1) is 0 Å². The molecule has 0 saturated heterocycles. The lowest BCUT2D eigenvalue weighted by atomic mass is 10.0. The molecule has 0 saturated carbocycles. The van der Waals surface area contributed by atoms with Gasteiger partial charge in [-0.3, -0.25) is 9.59 Å². The molecule has 0 spiro atoms. The number of hydrogen-bond acceptors (Lipinski definition) is 3. The summed E-state index contributed by atoms with van der Waals surface area (Å²) in [4.78, 5) is 23.6. The molecule has 1 aromatic carbocycles. The van der Waals surface area contributed by atoms with Crippen LogP contribution in [0.25, 0.3) is 0 Å². The largest absolute Gasteiger partial charge is 0.481 e. The fourth-order valence-corrected chi connectivity index (χ4v) is 2.60. The maximum atomic E-state index is 11.8. The van der Waals surface area contributed by atoms with Crippen LogP contribution in [-0.2, 0) is 29.0 Å². The van der Waals surface area contributed by atoms with E-state index in [0.29, 0.717) is 13.0 Å². The van der Waals surface area contributed by atoms with Crippen molar-refractivity contribution in [2.75, 3.05) is 0 Å². The Labute approximate surface area is 121 Å². The molecule has 4 nitrogen and oxygen atoms in total. The standard InChI is InChI=1S/C15H15NO3S/c17-14(9-13-6-3-7-20-13)16-10-12-5-2-1-4-11(12)8-15(18)19/h1-7H,8-10H2,(H,16,17)(H,18,19). The fraction of sp³-hybridized carbons (Fsp3) is 0.200. The zero-order chi connectivity index (χ0) is 14.4. The first-order valence-electron chi connectivity index (χ1n) is 6.23. The van der Waals surface area contributed by atoms with Crippen LogP contribution < -0.4 is 5.32 Å². The van der Waals surface area contributed by atoms with E-state index in [1.54, 1.807) is 23.5 Å². The maximum Gasteiger partial charge on any atom is 0.307 e. The first-order valence-corrected chi connectivity index (χ1v) is 7.11. The van der Waals surface area contributed by atoms with E-state index in [1.807, 2.05) is 29.6 Å². The normalized spacial score (nSPS) is 10.2. The Morgan fingerprint density at radius 1 is 1.05 bits per heavy atom. The first-order chi connectivity index (χ1) is 9.65. The molecule has 5 heteroatoms. The summed E-state index contributed by atoms with van der Waals surface area (Å²) in [7, 11) is 0. The number of carbonyl (C=O) groups excluding carboxylic acids is 1. The topological polar surface area (TPSA) is 66.4 Å². The average Bonchev–Trinajstić information content (AvgIpc) is 2.90. The predicted octanol–water partition coefficient (Wildman–Crippen LogP) is 2.23. The van der Waals surface area contributed by atoms with Gasteiger partial charge in [0.05, 0.1) is 12.8 Å². The van der Waals surface area contributed by atoms with Crippen LogP contribution in [0.3, 0.4) is 0 Å². The van der Waals surface area contributed by atoms with Gasteiger partial charge in [-0.25, -0.2) is 0 Å².